The lowest BCUT2D eigenvalue weighted by atomic mass is 10.3. The molecule has 2 aromatic rings. The van der Waals surface area contributed by atoms with Crippen molar-refractivity contribution in [3.63, 3.8) is 0 Å². The van der Waals surface area contributed by atoms with Crippen molar-refractivity contribution < 1.29 is 14.3 Å². The van der Waals surface area contributed by atoms with Crippen molar-refractivity contribution in [1.29, 1.82) is 0 Å². The Balaban J connectivity index is 2.29. The number of nitrogens with zero attached hydrogens (tertiary/aromatic N) is 3. The monoisotopic (exact) mass is 340 g/mol. The second-order valence-corrected chi connectivity index (χ2v) is 5.10. The molecule has 0 atom stereocenters. The van der Waals surface area contributed by atoms with E-state index < -0.39 is 5.91 Å². The molecule has 0 saturated carbocycles. The van der Waals surface area contributed by atoms with E-state index in [1.165, 1.54) is 32.2 Å². The van der Waals surface area contributed by atoms with Gasteiger partial charge < -0.3 is 14.8 Å². The van der Waals surface area contributed by atoms with Gasteiger partial charge in [0, 0.05) is 6.07 Å². The van der Waals surface area contributed by atoms with Crippen LogP contribution in [-0.2, 0) is 0 Å². The van der Waals surface area contributed by atoms with Crippen molar-refractivity contribution in [3.8, 4) is 11.8 Å². The molecule has 2 heterocycles. The molecule has 7 nitrogen and oxygen atoms in total. The number of halogens is 1. The Bertz CT molecular complexity index is 699. The van der Waals surface area contributed by atoms with Gasteiger partial charge in [0.15, 0.2) is 10.9 Å². The van der Waals surface area contributed by atoms with Crippen LogP contribution in [0.2, 0.25) is 5.02 Å². The van der Waals surface area contributed by atoms with Gasteiger partial charge in [0.05, 0.1) is 25.4 Å². The van der Waals surface area contributed by atoms with Crippen molar-refractivity contribution in [2.24, 2.45) is 0 Å². The van der Waals surface area contributed by atoms with Crippen LogP contribution in [0.25, 0.3) is 0 Å². The Morgan fingerprint density at radius 3 is 2.68 bits per heavy atom. The number of aromatic nitrogens is 3. The summed E-state index contributed by atoms with van der Waals surface area (Å²) in [6.45, 7) is 0. The molecule has 0 bridgehead atoms. The first-order chi connectivity index (χ1) is 10.6. The minimum atomic E-state index is -0.479. The third-order valence-electron chi connectivity index (χ3n) is 2.61. The Morgan fingerprint density at radius 1 is 1.27 bits per heavy atom. The van der Waals surface area contributed by atoms with Gasteiger partial charge >= 0.3 is 0 Å². The molecule has 0 aliphatic rings. The third-order valence-corrected chi connectivity index (χ3v) is 3.44. The number of methoxy groups -OCH3 is 2. The van der Waals surface area contributed by atoms with Gasteiger partial charge in [-0.15, -0.1) is 0 Å². The standard InChI is InChI=1S/C13H13ClN4O3S/c1-20-9-5-4-8(12(17-9)21-2)16-11(19)10-7(14)6-15-13(18-10)22-3/h4-6H,1-3H3,(H,16,19). The summed E-state index contributed by atoms with van der Waals surface area (Å²) in [5.41, 5.74) is 0.465. The molecule has 0 radical (unpaired) electrons. The van der Waals surface area contributed by atoms with Crippen molar-refractivity contribution in [1.82, 2.24) is 15.0 Å². The molecule has 0 aliphatic carbocycles. The van der Waals surface area contributed by atoms with Gasteiger partial charge in [-0.25, -0.2) is 9.97 Å². The summed E-state index contributed by atoms with van der Waals surface area (Å²) >= 11 is 7.29. The van der Waals surface area contributed by atoms with E-state index in [0.29, 0.717) is 16.7 Å². The third kappa shape index (κ3) is 3.58. The van der Waals surface area contributed by atoms with Gasteiger partial charge in [0.25, 0.3) is 5.91 Å². The largest absolute Gasteiger partial charge is 0.481 e. The molecule has 1 amide bonds. The van der Waals surface area contributed by atoms with Crippen LogP contribution in [0.15, 0.2) is 23.5 Å². The quantitative estimate of drug-likeness (QED) is 0.661. The zero-order chi connectivity index (χ0) is 16.1. The predicted molar refractivity (Wildman–Crippen MR) is 84.1 cm³/mol. The van der Waals surface area contributed by atoms with Gasteiger partial charge in [0.1, 0.15) is 5.69 Å². The number of amides is 1. The summed E-state index contributed by atoms with van der Waals surface area (Å²) in [6, 6.07) is 3.22. The first-order valence-corrected chi connectivity index (χ1v) is 7.66. The highest BCUT2D eigenvalue weighted by Gasteiger charge is 2.17. The molecular formula is C13H13ClN4O3S. The van der Waals surface area contributed by atoms with E-state index in [1.807, 2.05) is 0 Å². The number of hydrogen-bond acceptors (Lipinski definition) is 7. The Labute approximate surface area is 136 Å². The van der Waals surface area contributed by atoms with Crippen LogP contribution in [0.5, 0.6) is 11.8 Å². The van der Waals surface area contributed by atoms with E-state index in [4.69, 9.17) is 21.1 Å². The van der Waals surface area contributed by atoms with Crippen molar-refractivity contribution in [3.05, 3.63) is 29.0 Å². The molecule has 0 saturated heterocycles. The average molecular weight is 341 g/mol. The van der Waals surface area contributed by atoms with Gasteiger partial charge in [0.2, 0.25) is 11.8 Å². The molecule has 9 heteroatoms. The van der Waals surface area contributed by atoms with Crippen LogP contribution >= 0.6 is 23.4 Å². The Kier molecular flexibility index (Phi) is 5.40. The summed E-state index contributed by atoms with van der Waals surface area (Å²) in [7, 11) is 2.94. The lowest BCUT2D eigenvalue weighted by molar-refractivity contribution is 0.102. The zero-order valence-electron chi connectivity index (χ0n) is 12.1. The van der Waals surface area contributed by atoms with Crippen LogP contribution in [0.1, 0.15) is 10.5 Å². The van der Waals surface area contributed by atoms with E-state index >= 15 is 0 Å². The summed E-state index contributed by atoms with van der Waals surface area (Å²) in [5.74, 6) is 0.121. The zero-order valence-corrected chi connectivity index (χ0v) is 13.7. The van der Waals surface area contributed by atoms with Crippen molar-refractivity contribution in [2.75, 3.05) is 25.8 Å². The number of hydrogen-bond donors (Lipinski definition) is 1. The fraction of sp³-hybridized carbons (Fsp3) is 0.231. The van der Waals surface area contributed by atoms with E-state index in [1.54, 1.807) is 18.4 Å². The maximum atomic E-state index is 12.3. The van der Waals surface area contributed by atoms with E-state index in [9.17, 15) is 4.79 Å². The lowest BCUT2D eigenvalue weighted by Crippen LogP contribution is -2.16. The number of pyridine rings is 1. The number of anilines is 1. The number of ether oxygens (including phenoxy) is 2. The maximum absolute atomic E-state index is 12.3. The number of nitrogens with one attached hydrogen (secondary N) is 1. The molecule has 1 N–H and O–H groups in total. The van der Waals surface area contributed by atoms with Gasteiger partial charge in [-0.2, -0.15) is 4.98 Å². The smallest absolute Gasteiger partial charge is 0.276 e. The molecule has 2 aromatic heterocycles. The van der Waals surface area contributed by atoms with Gasteiger partial charge in [-0.3, -0.25) is 4.79 Å². The first-order valence-electron chi connectivity index (χ1n) is 6.06. The summed E-state index contributed by atoms with van der Waals surface area (Å²) < 4.78 is 10.1. The molecule has 116 valence electrons. The second kappa shape index (κ2) is 7.28. The number of thioether (sulfide) groups is 1. The second-order valence-electron chi connectivity index (χ2n) is 3.92. The average Bonchev–Trinajstić information content (AvgIpc) is 2.55. The first kappa shape index (κ1) is 16.3. The predicted octanol–water partition coefficient (Wildman–Crippen LogP) is 2.52. The maximum Gasteiger partial charge on any atom is 0.276 e. The molecule has 2 rings (SSSR count). The van der Waals surface area contributed by atoms with Crippen LogP contribution in [0, 0.1) is 0 Å². The SMILES string of the molecule is COc1ccc(NC(=O)c2nc(SC)ncc2Cl)c(OC)n1. The van der Waals surface area contributed by atoms with Crippen LogP contribution in [0.3, 0.4) is 0 Å². The minimum absolute atomic E-state index is 0.0823. The minimum Gasteiger partial charge on any atom is -0.481 e. The Morgan fingerprint density at radius 2 is 2.05 bits per heavy atom. The van der Waals surface area contributed by atoms with Crippen LogP contribution < -0.4 is 14.8 Å². The highest BCUT2D eigenvalue weighted by molar-refractivity contribution is 7.98. The number of carbonyl (C=O) groups excluding carboxylic acids is 1. The van der Waals surface area contributed by atoms with Gasteiger partial charge in [-0.1, -0.05) is 23.4 Å². The molecular weight excluding hydrogens is 328 g/mol. The molecule has 0 fully saturated rings. The van der Waals surface area contributed by atoms with E-state index in [0.717, 1.165) is 0 Å². The lowest BCUT2D eigenvalue weighted by Gasteiger charge is -2.10. The fourth-order valence-corrected chi connectivity index (χ4v) is 2.10. The fourth-order valence-electron chi connectivity index (χ4n) is 1.58. The van der Waals surface area contributed by atoms with Crippen molar-refractivity contribution >= 4 is 35.0 Å². The van der Waals surface area contributed by atoms with Crippen LogP contribution in [0.4, 0.5) is 5.69 Å². The van der Waals surface area contributed by atoms with Crippen LogP contribution in [-0.4, -0.2) is 41.3 Å². The number of rotatable bonds is 5. The Hall–Kier alpha value is -2.06. The topological polar surface area (TPSA) is 86.2 Å². The summed E-state index contributed by atoms with van der Waals surface area (Å²) in [4.78, 5) is 24.5. The van der Waals surface area contributed by atoms with E-state index in [-0.39, 0.29) is 16.6 Å². The molecule has 0 unspecified atom stereocenters. The molecule has 0 aromatic carbocycles. The highest BCUT2D eigenvalue weighted by atomic mass is 35.5. The molecule has 0 spiro atoms. The van der Waals surface area contributed by atoms with Gasteiger partial charge in [-0.05, 0) is 12.3 Å². The molecule has 22 heavy (non-hydrogen) atoms. The number of carbonyl (C=O) groups is 1. The summed E-state index contributed by atoms with van der Waals surface area (Å²) in [5, 5.41) is 3.27. The highest BCUT2D eigenvalue weighted by Crippen LogP contribution is 2.26. The van der Waals surface area contributed by atoms with E-state index in [2.05, 4.69) is 20.3 Å². The van der Waals surface area contributed by atoms with Crippen molar-refractivity contribution in [2.45, 2.75) is 5.16 Å². The normalized spacial score (nSPS) is 10.2. The molecule has 0 aliphatic heterocycles. The summed E-state index contributed by atoms with van der Waals surface area (Å²) in [6.07, 6.45) is 3.19.